The first-order chi connectivity index (χ1) is 6.19. The van der Waals surface area contributed by atoms with E-state index in [0.29, 0.717) is 5.76 Å². The number of halogens is 1. The fourth-order valence-corrected chi connectivity index (χ4v) is 2.18. The quantitative estimate of drug-likeness (QED) is 0.886. The molecule has 1 atom stereocenters. The third kappa shape index (κ3) is 1.44. The molecule has 0 bridgehead atoms. The number of rotatable bonds is 3. The second-order valence-electron chi connectivity index (χ2n) is 3.75. The molecule has 1 saturated carbocycles. The third-order valence-electron chi connectivity index (χ3n) is 3.07. The molecule has 1 aliphatic carbocycles. The van der Waals surface area contributed by atoms with E-state index in [4.69, 9.17) is 4.42 Å². The lowest BCUT2D eigenvalue weighted by atomic mass is 9.94. The summed E-state index contributed by atoms with van der Waals surface area (Å²) in [7, 11) is 0. The molecule has 3 heteroatoms. The Morgan fingerprint density at radius 1 is 1.69 bits per heavy atom. The number of furan rings is 1. The van der Waals surface area contributed by atoms with E-state index in [0.717, 1.165) is 23.7 Å². The first-order valence-electron chi connectivity index (χ1n) is 4.60. The zero-order valence-electron chi connectivity index (χ0n) is 7.59. The largest absolute Gasteiger partial charge is 0.465 e. The molecule has 1 aromatic heterocycles. The van der Waals surface area contributed by atoms with Crippen LogP contribution in [0.15, 0.2) is 21.2 Å². The summed E-state index contributed by atoms with van der Waals surface area (Å²) >= 11 is 3.36. The predicted octanol–water partition coefficient (Wildman–Crippen LogP) is 3.27. The molecule has 72 valence electrons. The van der Waals surface area contributed by atoms with Crippen molar-refractivity contribution in [2.75, 3.05) is 0 Å². The van der Waals surface area contributed by atoms with Crippen molar-refractivity contribution < 1.29 is 9.52 Å². The molecular weight excluding hydrogens is 232 g/mol. The standard InChI is InChI=1S/C10H13BrO2/c1-2-10(4-5-10)9(12)8-7(11)3-6-13-8/h3,6,9,12H,2,4-5H2,1H3. The van der Waals surface area contributed by atoms with E-state index < -0.39 is 6.10 Å². The summed E-state index contributed by atoms with van der Waals surface area (Å²) in [6, 6.07) is 1.82. The van der Waals surface area contributed by atoms with Crippen LogP contribution in [0, 0.1) is 5.41 Å². The topological polar surface area (TPSA) is 33.4 Å². The second-order valence-corrected chi connectivity index (χ2v) is 4.61. The van der Waals surface area contributed by atoms with Crippen LogP contribution in [0.4, 0.5) is 0 Å². The molecule has 1 unspecified atom stereocenters. The molecule has 1 heterocycles. The normalized spacial score (nSPS) is 21.5. The lowest BCUT2D eigenvalue weighted by Gasteiger charge is -2.18. The summed E-state index contributed by atoms with van der Waals surface area (Å²) in [6.07, 6.45) is 4.40. The van der Waals surface area contributed by atoms with Crippen LogP contribution in [0.5, 0.6) is 0 Å². The Morgan fingerprint density at radius 2 is 2.38 bits per heavy atom. The van der Waals surface area contributed by atoms with Gasteiger partial charge in [0.1, 0.15) is 11.9 Å². The minimum atomic E-state index is -0.443. The van der Waals surface area contributed by atoms with Gasteiger partial charge in [-0.3, -0.25) is 0 Å². The monoisotopic (exact) mass is 244 g/mol. The van der Waals surface area contributed by atoms with E-state index in [1.54, 1.807) is 6.26 Å². The van der Waals surface area contributed by atoms with Crippen LogP contribution >= 0.6 is 15.9 Å². The van der Waals surface area contributed by atoms with E-state index in [-0.39, 0.29) is 5.41 Å². The Hall–Kier alpha value is -0.280. The van der Waals surface area contributed by atoms with Crippen molar-refractivity contribution in [1.29, 1.82) is 0 Å². The van der Waals surface area contributed by atoms with Gasteiger partial charge in [-0.25, -0.2) is 0 Å². The Balaban J connectivity index is 2.22. The second kappa shape index (κ2) is 3.14. The molecule has 0 spiro atoms. The smallest absolute Gasteiger partial charge is 0.146 e. The zero-order valence-corrected chi connectivity index (χ0v) is 9.17. The van der Waals surface area contributed by atoms with Crippen molar-refractivity contribution in [3.05, 3.63) is 22.6 Å². The van der Waals surface area contributed by atoms with Crippen LogP contribution in [-0.4, -0.2) is 5.11 Å². The van der Waals surface area contributed by atoms with Gasteiger partial charge in [0.2, 0.25) is 0 Å². The van der Waals surface area contributed by atoms with Gasteiger partial charge in [0.15, 0.2) is 0 Å². The van der Waals surface area contributed by atoms with E-state index >= 15 is 0 Å². The lowest BCUT2D eigenvalue weighted by Crippen LogP contribution is -2.12. The maximum absolute atomic E-state index is 10.1. The lowest BCUT2D eigenvalue weighted by molar-refractivity contribution is 0.0681. The van der Waals surface area contributed by atoms with Gasteiger partial charge in [0.25, 0.3) is 0 Å². The van der Waals surface area contributed by atoms with Gasteiger partial charge in [0, 0.05) is 5.41 Å². The van der Waals surface area contributed by atoms with Crippen LogP contribution in [0.3, 0.4) is 0 Å². The Kier molecular flexibility index (Phi) is 2.24. The Bertz CT molecular complexity index is 302. The molecule has 0 aliphatic heterocycles. The summed E-state index contributed by atoms with van der Waals surface area (Å²) in [6.45, 7) is 2.12. The molecular formula is C10H13BrO2. The molecule has 1 aromatic rings. The molecule has 1 aliphatic rings. The van der Waals surface area contributed by atoms with Gasteiger partial charge in [-0.1, -0.05) is 6.92 Å². The minimum Gasteiger partial charge on any atom is -0.465 e. The fourth-order valence-electron chi connectivity index (χ4n) is 1.76. The number of aliphatic hydroxyl groups excluding tert-OH is 1. The highest BCUT2D eigenvalue weighted by Crippen LogP contribution is 2.58. The average Bonchev–Trinajstić information content (AvgIpc) is 2.83. The molecule has 0 saturated heterocycles. The summed E-state index contributed by atoms with van der Waals surface area (Å²) in [4.78, 5) is 0. The average molecular weight is 245 g/mol. The summed E-state index contributed by atoms with van der Waals surface area (Å²) in [5.74, 6) is 0.680. The van der Waals surface area contributed by atoms with Crippen LogP contribution < -0.4 is 0 Å². The molecule has 0 aromatic carbocycles. The van der Waals surface area contributed by atoms with E-state index in [9.17, 15) is 5.11 Å². The Morgan fingerprint density at radius 3 is 2.77 bits per heavy atom. The number of aliphatic hydroxyl groups is 1. The molecule has 0 amide bonds. The van der Waals surface area contributed by atoms with Crippen LogP contribution in [0.25, 0.3) is 0 Å². The van der Waals surface area contributed by atoms with Crippen LogP contribution in [0.1, 0.15) is 38.1 Å². The first-order valence-corrected chi connectivity index (χ1v) is 5.40. The van der Waals surface area contributed by atoms with Gasteiger partial charge in [-0.2, -0.15) is 0 Å². The number of hydrogen-bond donors (Lipinski definition) is 1. The summed E-state index contributed by atoms with van der Waals surface area (Å²) in [5.41, 5.74) is 0.0976. The van der Waals surface area contributed by atoms with Crippen LogP contribution in [0.2, 0.25) is 0 Å². The molecule has 0 radical (unpaired) electrons. The fraction of sp³-hybridized carbons (Fsp3) is 0.600. The molecule has 13 heavy (non-hydrogen) atoms. The minimum absolute atomic E-state index is 0.0976. The SMILES string of the molecule is CCC1(C(O)c2occc2Br)CC1. The van der Waals surface area contributed by atoms with Crippen molar-refractivity contribution >= 4 is 15.9 Å². The highest BCUT2D eigenvalue weighted by molar-refractivity contribution is 9.10. The van der Waals surface area contributed by atoms with E-state index in [2.05, 4.69) is 22.9 Å². The van der Waals surface area contributed by atoms with Crippen molar-refractivity contribution in [3.63, 3.8) is 0 Å². The van der Waals surface area contributed by atoms with Gasteiger partial charge in [-0.15, -0.1) is 0 Å². The maximum Gasteiger partial charge on any atom is 0.146 e. The first kappa shape index (κ1) is 9.28. The molecule has 1 fully saturated rings. The molecule has 2 rings (SSSR count). The number of hydrogen-bond acceptors (Lipinski definition) is 2. The van der Waals surface area contributed by atoms with E-state index in [1.165, 1.54) is 0 Å². The maximum atomic E-state index is 10.1. The Labute approximate surface area is 86.1 Å². The zero-order chi connectivity index (χ0) is 9.47. The van der Waals surface area contributed by atoms with E-state index in [1.807, 2.05) is 6.07 Å². The van der Waals surface area contributed by atoms with Gasteiger partial charge >= 0.3 is 0 Å². The highest BCUT2D eigenvalue weighted by atomic mass is 79.9. The molecule has 2 nitrogen and oxygen atoms in total. The summed E-state index contributed by atoms with van der Waals surface area (Å²) in [5, 5.41) is 10.1. The van der Waals surface area contributed by atoms with Gasteiger partial charge in [0.05, 0.1) is 10.7 Å². The van der Waals surface area contributed by atoms with Gasteiger partial charge in [-0.05, 0) is 41.3 Å². The van der Waals surface area contributed by atoms with Crippen molar-refractivity contribution in [2.45, 2.75) is 32.3 Å². The van der Waals surface area contributed by atoms with Crippen molar-refractivity contribution in [1.82, 2.24) is 0 Å². The summed E-state index contributed by atoms with van der Waals surface area (Å²) < 4.78 is 6.13. The third-order valence-corrected chi connectivity index (χ3v) is 3.72. The van der Waals surface area contributed by atoms with Crippen molar-refractivity contribution in [3.8, 4) is 0 Å². The van der Waals surface area contributed by atoms with Crippen LogP contribution in [-0.2, 0) is 0 Å². The highest BCUT2D eigenvalue weighted by Gasteiger charge is 2.49. The van der Waals surface area contributed by atoms with Gasteiger partial charge < -0.3 is 9.52 Å². The predicted molar refractivity (Wildman–Crippen MR) is 53.3 cm³/mol. The molecule has 1 N–H and O–H groups in total. The van der Waals surface area contributed by atoms with Crippen molar-refractivity contribution in [2.24, 2.45) is 5.41 Å².